The van der Waals surface area contributed by atoms with E-state index < -0.39 is 0 Å². The molecule has 0 aromatic carbocycles. The van der Waals surface area contributed by atoms with Gasteiger partial charge in [0.05, 0.1) is 6.10 Å². The average molecular weight is 293 g/mol. The second kappa shape index (κ2) is 6.71. The van der Waals surface area contributed by atoms with Gasteiger partial charge in [-0.1, -0.05) is 0 Å². The molecule has 116 valence electrons. The number of nitrogens with one attached hydrogen (secondary N) is 1. The molecule has 7 nitrogen and oxygen atoms in total. The molecule has 1 saturated heterocycles. The molecule has 1 aliphatic rings. The van der Waals surface area contributed by atoms with E-state index in [1.165, 1.54) is 0 Å². The molecule has 1 aromatic rings. The van der Waals surface area contributed by atoms with Crippen LogP contribution in [-0.4, -0.2) is 63.3 Å². The lowest BCUT2D eigenvalue weighted by Gasteiger charge is -2.17. The molecule has 1 fully saturated rings. The molecule has 1 amide bonds. The van der Waals surface area contributed by atoms with Crippen molar-refractivity contribution in [2.75, 3.05) is 51.1 Å². The molecule has 0 aliphatic carbocycles. The Morgan fingerprint density at radius 3 is 2.67 bits per heavy atom. The van der Waals surface area contributed by atoms with Crippen molar-refractivity contribution in [1.29, 1.82) is 0 Å². The number of hydrogen-bond acceptors (Lipinski definition) is 6. The summed E-state index contributed by atoms with van der Waals surface area (Å²) < 4.78 is 5.50. The third-order valence-electron chi connectivity index (χ3n) is 3.31. The van der Waals surface area contributed by atoms with Gasteiger partial charge in [-0.2, -0.15) is 4.98 Å². The summed E-state index contributed by atoms with van der Waals surface area (Å²) in [6.07, 6.45) is 2.18. The molecule has 2 rings (SSSR count). The lowest BCUT2D eigenvalue weighted by Crippen LogP contribution is -2.33. The Kier molecular flexibility index (Phi) is 4.95. The smallest absolute Gasteiger partial charge is 0.270 e. The number of rotatable bonds is 5. The van der Waals surface area contributed by atoms with Gasteiger partial charge in [0.15, 0.2) is 0 Å². The van der Waals surface area contributed by atoms with Crippen molar-refractivity contribution in [2.24, 2.45) is 0 Å². The number of carbonyl (C=O) groups is 1. The number of hydrogen-bond donors (Lipinski definition) is 1. The molecule has 1 N–H and O–H groups in total. The topological polar surface area (TPSA) is 70.6 Å². The van der Waals surface area contributed by atoms with E-state index in [9.17, 15) is 4.79 Å². The van der Waals surface area contributed by atoms with Gasteiger partial charge in [-0.15, -0.1) is 0 Å². The van der Waals surface area contributed by atoms with Gasteiger partial charge in [0.1, 0.15) is 11.5 Å². The molecule has 0 saturated carbocycles. The van der Waals surface area contributed by atoms with Crippen molar-refractivity contribution in [3.05, 3.63) is 11.8 Å². The summed E-state index contributed by atoms with van der Waals surface area (Å²) in [6, 6.07) is 1.69. The van der Waals surface area contributed by atoms with Crippen LogP contribution in [0.5, 0.6) is 0 Å². The normalized spacial score (nSPS) is 17.6. The number of amides is 1. The van der Waals surface area contributed by atoms with Crippen LogP contribution in [0.1, 0.15) is 23.3 Å². The number of ether oxygens (including phenoxy) is 1. The van der Waals surface area contributed by atoms with Gasteiger partial charge in [-0.3, -0.25) is 4.79 Å². The number of carbonyl (C=O) groups excluding carboxylic acids is 1. The van der Waals surface area contributed by atoms with E-state index in [1.54, 1.807) is 11.0 Å². The third kappa shape index (κ3) is 4.04. The first-order chi connectivity index (χ1) is 9.97. The fourth-order valence-corrected chi connectivity index (χ4v) is 2.07. The van der Waals surface area contributed by atoms with E-state index in [4.69, 9.17) is 4.74 Å². The Morgan fingerprint density at radius 2 is 2.10 bits per heavy atom. The van der Waals surface area contributed by atoms with E-state index in [0.717, 1.165) is 19.4 Å². The van der Waals surface area contributed by atoms with E-state index in [0.29, 0.717) is 24.0 Å². The predicted octanol–water partition coefficient (Wildman–Crippen LogP) is 0.517. The van der Waals surface area contributed by atoms with Crippen LogP contribution in [0.15, 0.2) is 6.07 Å². The lowest BCUT2D eigenvalue weighted by molar-refractivity contribution is 0.0853. The Labute approximate surface area is 125 Å². The zero-order chi connectivity index (χ0) is 15.4. The lowest BCUT2D eigenvalue weighted by atomic mass is 10.2. The summed E-state index contributed by atoms with van der Waals surface area (Å²) in [5.74, 6) is 1.03. The fraction of sp³-hybridized carbons (Fsp3) is 0.643. The SMILES string of the molecule is CN(C)c1cc(C(=O)NC[C@H]2CCCO2)nc(N(C)C)n1. The van der Waals surface area contributed by atoms with E-state index in [1.807, 2.05) is 33.1 Å². The maximum Gasteiger partial charge on any atom is 0.270 e. The molecule has 0 unspecified atom stereocenters. The van der Waals surface area contributed by atoms with E-state index >= 15 is 0 Å². The van der Waals surface area contributed by atoms with Crippen molar-refractivity contribution in [3.63, 3.8) is 0 Å². The van der Waals surface area contributed by atoms with Crippen molar-refractivity contribution in [2.45, 2.75) is 18.9 Å². The Balaban J connectivity index is 2.11. The van der Waals surface area contributed by atoms with Gasteiger partial charge < -0.3 is 19.9 Å². The van der Waals surface area contributed by atoms with Crippen molar-refractivity contribution >= 4 is 17.7 Å². The maximum absolute atomic E-state index is 12.3. The predicted molar refractivity (Wildman–Crippen MR) is 82.0 cm³/mol. The summed E-state index contributed by atoms with van der Waals surface area (Å²) in [6.45, 7) is 1.31. The number of aromatic nitrogens is 2. The first-order valence-corrected chi connectivity index (χ1v) is 7.11. The zero-order valence-electron chi connectivity index (χ0n) is 13.1. The molecule has 0 bridgehead atoms. The van der Waals surface area contributed by atoms with Crippen molar-refractivity contribution < 1.29 is 9.53 Å². The van der Waals surface area contributed by atoms with Crippen LogP contribution in [0, 0.1) is 0 Å². The van der Waals surface area contributed by atoms with Crippen LogP contribution in [0.3, 0.4) is 0 Å². The molecule has 1 atom stereocenters. The van der Waals surface area contributed by atoms with Crippen molar-refractivity contribution in [1.82, 2.24) is 15.3 Å². The highest BCUT2D eigenvalue weighted by atomic mass is 16.5. The van der Waals surface area contributed by atoms with Gasteiger partial charge in [-0.05, 0) is 12.8 Å². The summed E-state index contributed by atoms with van der Waals surface area (Å²) in [5.41, 5.74) is 0.371. The first-order valence-electron chi connectivity index (χ1n) is 7.11. The first kappa shape index (κ1) is 15.5. The highest BCUT2D eigenvalue weighted by Crippen LogP contribution is 2.15. The maximum atomic E-state index is 12.3. The number of anilines is 2. The molecular weight excluding hydrogens is 270 g/mol. The Hall–Kier alpha value is -1.89. The molecule has 1 aliphatic heterocycles. The summed E-state index contributed by atoms with van der Waals surface area (Å²) in [5, 5.41) is 2.88. The quantitative estimate of drug-likeness (QED) is 0.853. The molecule has 1 aromatic heterocycles. The van der Waals surface area contributed by atoms with Crippen molar-refractivity contribution in [3.8, 4) is 0 Å². The standard InChI is InChI=1S/C14H23N5O2/c1-18(2)12-8-11(16-14(17-12)19(3)4)13(20)15-9-10-6-5-7-21-10/h8,10H,5-7,9H2,1-4H3,(H,15,20)/t10-/m1/s1. The second-order valence-corrected chi connectivity index (χ2v) is 5.55. The van der Waals surface area contributed by atoms with Crippen LogP contribution in [0.4, 0.5) is 11.8 Å². The zero-order valence-corrected chi connectivity index (χ0v) is 13.1. The van der Waals surface area contributed by atoms with Gasteiger partial charge in [0, 0.05) is 47.4 Å². The van der Waals surface area contributed by atoms with Crippen LogP contribution in [0.25, 0.3) is 0 Å². The average Bonchev–Trinajstić information content (AvgIpc) is 2.97. The molecule has 0 radical (unpaired) electrons. The van der Waals surface area contributed by atoms with Crippen LogP contribution < -0.4 is 15.1 Å². The van der Waals surface area contributed by atoms with Gasteiger partial charge >= 0.3 is 0 Å². The third-order valence-corrected chi connectivity index (χ3v) is 3.31. The van der Waals surface area contributed by atoms with Crippen LogP contribution in [0.2, 0.25) is 0 Å². The summed E-state index contributed by atoms with van der Waals surface area (Å²) in [7, 11) is 7.47. The molecule has 21 heavy (non-hydrogen) atoms. The Morgan fingerprint density at radius 1 is 1.33 bits per heavy atom. The van der Waals surface area contributed by atoms with Gasteiger partial charge in [0.25, 0.3) is 5.91 Å². The summed E-state index contributed by atoms with van der Waals surface area (Å²) in [4.78, 5) is 24.6. The molecule has 7 heteroatoms. The van der Waals surface area contributed by atoms with Gasteiger partial charge in [0.2, 0.25) is 5.95 Å². The highest BCUT2D eigenvalue weighted by molar-refractivity contribution is 5.93. The molecule has 2 heterocycles. The fourth-order valence-electron chi connectivity index (χ4n) is 2.07. The molecular formula is C14H23N5O2. The monoisotopic (exact) mass is 293 g/mol. The highest BCUT2D eigenvalue weighted by Gasteiger charge is 2.18. The van der Waals surface area contributed by atoms with Crippen LogP contribution in [-0.2, 0) is 4.74 Å². The van der Waals surface area contributed by atoms with E-state index in [-0.39, 0.29) is 12.0 Å². The minimum atomic E-state index is -0.195. The number of nitrogens with zero attached hydrogens (tertiary/aromatic N) is 4. The van der Waals surface area contributed by atoms with E-state index in [2.05, 4.69) is 15.3 Å². The minimum Gasteiger partial charge on any atom is -0.376 e. The van der Waals surface area contributed by atoms with Gasteiger partial charge in [-0.25, -0.2) is 4.98 Å². The second-order valence-electron chi connectivity index (χ2n) is 5.55. The molecule has 0 spiro atoms. The van der Waals surface area contributed by atoms with Crippen LogP contribution >= 0.6 is 0 Å². The Bertz CT molecular complexity index is 472. The largest absolute Gasteiger partial charge is 0.376 e. The summed E-state index contributed by atoms with van der Waals surface area (Å²) >= 11 is 0. The minimum absolute atomic E-state index is 0.123.